The highest BCUT2D eigenvalue weighted by Gasteiger charge is 2.08. The summed E-state index contributed by atoms with van der Waals surface area (Å²) in [6.07, 6.45) is 0. The molecule has 0 aliphatic rings. The number of phenols is 1. The first kappa shape index (κ1) is 8.36. The highest BCUT2D eigenvalue weighted by Crippen LogP contribution is 2.36. The summed E-state index contributed by atoms with van der Waals surface area (Å²) in [5.41, 5.74) is 0.280. The van der Waals surface area contributed by atoms with Crippen LogP contribution >= 0.6 is 22.9 Å². The van der Waals surface area contributed by atoms with Gasteiger partial charge in [-0.05, 0) is 18.2 Å². The molecule has 0 bridgehead atoms. The second-order valence-corrected chi connectivity index (χ2v) is 4.25. The molecule has 2 rings (SSSR count). The zero-order valence-electron chi connectivity index (χ0n) is 6.41. The Kier molecular flexibility index (Phi) is 1.87. The highest BCUT2D eigenvalue weighted by molar-refractivity contribution is 7.22. The Balaban J connectivity index is 2.87. The fourth-order valence-electron chi connectivity index (χ4n) is 1.16. The van der Waals surface area contributed by atoms with Crippen molar-refractivity contribution in [1.29, 1.82) is 5.26 Å². The van der Waals surface area contributed by atoms with Crippen LogP contribution in [-0.2, 0) is 0 Å². The minimum Gasteiger partial charge on any atom is -0.506 e. The molecule has 0 spiro atoms. The van der Waals surface area contributed by atoms with Crippen molar-refractivity contribution < 1.29 is 5.11 Å². The molecule has 1 N–H and O–H groups in total. The third-order valence-corrected chi connectivity index (χ3v) is 2.99. The molecular weight excluding hydrogens is 206 g/mol. The molecule has 2 aromatic rings. The molecule has 0 aliphatic carbocycles. The second-order valence-electron chi connectivity index (χ2n) is 2.54. The lowest BCUT2D eigenvalue weighted by molar-refractivity contribution is 0.480. The van der Waals surface area contributed by atoms with Gasteiger partial charge in [-0.2, -0.15) is 5.26 Å². The molecule has 0 fully saturated rings. The minimum absolute atomic E-state index is 0.0168. The lowest BCUT2D eigenvalue weighted by atomic mass is 10.1. The van der Waals surface area contributed by atoms with Crippen LogP contribution in [0.2, 0.25) is 4.34 Å². The van der Waals surface area contributed by atoms with Crippen molar-refractivity contribution in [2.75, 3.05) is 0 Å². The number of thiophene rings is 1. The van der Waals surface area contributed by atoms with E-state index in [-0.39, 0.29) is 11.3 Å². The van der Waals surface area contributed by atoms with E-state index in [1.54, 1.807) is 18.2 Å². The minimum atomic E-state index is 0.0168. The van der Waals surface area contributed by atoms with Crippen molar-refractivity contribution in [2.45, 2.75) is 0 Å². The standard InChI is InChI=1S/C9H4ClNOS/c10-8-3-6-7(13-8)2-1-5(4-11)9(6)12/h1-3,12H. The topological polar surface area (TPSA) is 44.0 Å². The Morgan fingerprint density at radius 3 is 2.92 bits per heavy atom. The Labute approximate surface area is 83.6 Å². The van der Waals surface area contributed by atoms with Crippen molar-refractivity contribution >= 4 is 33.0 Å². The Hall–Kier alpha value is -1.24. The quantitative estimate of drug-likeness (QED) is 0.725. The van der Waals surface area contributed by atoms with Gasteiger partial charge in [-0.25, -0.2) is 0 Å². The number of hydrogen-bond acceptors (Lipinski definition) is 3. The first-order chi connectivity index (χ1) is 6.22. The van der Waals surface area contributed by atoms with Crippen molar-refractivity contribution in [3.8, 4) is 11.8 Å². The van der Waals surface area contributed by atoms with Gasteiger partial charge < -0.3 is 5.11 Å². The summed E-state index contributed by atoms with van der Waals surface area (Å²) >= 11 is 7.16. The van der Waals surface area contributed by atoms with Crippen LogP contribution in [0, 0.1) is 11.3 Å². The van der Waals surface area contributed by atoms with Crippen LogP contribution in [0.1, 0.15) is 5.56 Å². The molecule has 1 heterocycles. The molecule has 2 nitrogen and oxygen atoms in total. The molecule has 0 saturated carbocycles. The third-order valence-electron chi connectivity index (χ3n) is 1.76. The fourth-order valence-corrected chi connectivity index (χ4v) is 2.30. The van der Waals surface area contributed by atoms with E-state index in [9.17, 15) is 5.11 Å². The normalized spacial score (nSPS) is 10.2. The summed E-state index contributed by atoms with van der Waals surface area (Å²) in [5.74, 6) is 0.0168. The third kappa shape index (κ3) is 1.24. The van der Waals surface area contributed by atoms with Crippen LogP contribution in [0.3, 0.4) is 0 Å². The number of aromatic hydroxyl groups is 1. The van der Waals surface area contributed by atoms with Gasteiger partial charge in [0.1, 0.15) is 11.8 Å². The average molecular weight is 210 g/mol. The molecule has 4 heteroatoms. The summed E-state index contributed by atoms with van der Waals surface area (Å²) in [6.45, 7) is 0. The van der Waals surface area contributed by atoms with Crippen LogP contribution in [0.25, 0.3) is 10.1 Å². The number of halogens is 1. The van der Waals surface area contributed by atoms with Crippen LogP contribution in [0.5, 0.6) is 5.75 Å². The van der Waals surface area contributed by atoms with E-state index in [1.807, 2.05) is 6.07 Å². The molecule has 0 atom stereocenters. The van der Waals surface area contributed by atoms with Crippen molar-refractivity contribution in [1.82, 2.24) is 0 Å². The number of fused-ring (bicyclic) bond motifs is 1. The summed E-state index contributed by atoms with van der Waals surface area (Å²) in [5, 5.41) is 18.9. The fraction of sp³-hybridized carbons (Fsp3) is 0. The Morgan fingerprint density at radius 2 is 2.23 bits per heavy atom. The number of nitriles is 1. The van der Waals surface area contributed by atoms with E-state index in [4.69, 9.17) is 16.9 Å². The molecule has 64 valence electrons. The van der Waals surface area contributed by atoms with Gasteiger partial charge in [-0.1, -0.05) is 11.6 Å². The first-order valence-electron chi connectivity index (χ1n) is 3.53. The molecule has 0 saturated heterocycles. The van der Waals surface area contributed by atoms with E-state index in [0.717, 1.165) is 4.70 Å². The second kappa shape index (κ2) is 2.91. The van der Waals surface area contributed by atoms with Gasteiger partial charge in [0.25, 0.3) is 0 Å². The van der Waals surface area contributed by atoms with Crippen LogP contribution in [0.15, 0.2) is 18.2 Å². The average Bonchev–Trinajstić information content (AvgIpc) is 2.47. The molecule has 0 unspecified atom stereocenters. The number of rotatable bonds is 0. The van der Waals surface area contributed by atoms with E-state index < -0.39 is 0 Å². The maximum absolute atomic E-state index is 9.59. The molecule has 0 amide bonds. The summed E-state index contributed by atoms with van der Waals surface area (Å²) in [4.78, 5) is 0. The van der Waals surface area contributed by atoms with Gasteiger partial charge in [0, 0.05) is 10.1 Å². The maximum Gasteiger partial charge on any atom is 0.142 e. The zero-order chi connectivity index (χ0) is 9.42. The summed E-state index contributed by atoms with van der Waals surface area (Å²) in [7, 11) is 0. The van der Waals surface area contributed by atoms with Gasteiger partial charge in [-0.3, -0.25) is 0 Å². The predicted octanol–water partition coefficient (Wildman–Crippen LogP) is 3.13. The molecule has 0 radical (unpaired) electrons. The van der Waals surface area contributed by atoms with E-state index in [1.165, 1.54) is 11.3 Å². The number of phenolic OH excluding ortho intramolecular Hbond substituents is 1. The van der Waals surface area contributed by atoms with Crippen LogP contribution in [-0.4, -0.2) is 5.11 Å². The van der Waals surface area contributed by atoms with E-state index in [0.29, 0.717) is 9.72 Å². The first-order valence-corrected chi connectivity index (χ1v) is 4.73. The predicted molar refractivity (Wildman–Crippen MR) is 53.2 cm³/mol. The van der Waals surface area contributed by atoms with Gasteiger partial charge in [-0.15, -0.1) is 11.3 Å². The lowest BCUT2D eigenvalue weighted by Crippen LogP contribution is -1.74. The molecule has 1 aromatic carbocycles. The van der Waals surface area contributed by atoms with E-state index in [2.05, 4.69) is 0 Å². The molecule has 0 aliphatic heterocycles. The van der Waals surface area contributed by atoms with Gasteiger partial charge in [0.2, 0.25) is 0 Å². The summed E-state index contributed by atoms with van der Waals surface area (Å²) in [6, 6.07) is 6.94. The van der Waals surface area contributed by atoms with Crippen molar-refractivity contribution in [3.05, 3.63) is 28.1 Å². The number of benzene rings is 1. The van der Waals surface area contributed by atoms with Crippen LogP contribution < -0.4 is 0 Å². The molecular formula is C9H4ClNOS. The SMILES string of the molecule is N#Cc1ccc2sc(Cl)cc2c1O. The summed E-state index contributed by atoms with van der Waals surface area (Å²) < 4.78 is 1.50. The Bertz CT molecular complexity index is 512. The van der Waals surface area contributed by atoms with E-state index >= 15 is 0 Å². The largest absolute Gasteiger partial charge is 0.506 e. The molecule has 1 aromatic heterocycles. The van der Waals surface area contributed by atoms with Gasteiger partial charge in [0.15, 0.2) is 0 Å². The monoisotopic (exact) mass is 209 g/mol. The number of hydrogen-bond donors (Lipinski definition) is 1. The van der Waals surface area contributed by atoms with Gasteiger partial charge >= 0.3 is 0 Å². The van der Waals surface area contributed by atoms with Crippen LogP contribution in [0.4, 0.5) is 0 Å². The molecule has 13 heavy (non-hydrogen) atoms. The van der Waals surface area contributed by atoms with Crippen molar-refractivity contribution in [3.63, 3.8) is 0 Å². The smallest absolute Gasteiger partial charge is 0.142 e. The Morgan fingerprint density at radius 1 is 1.46 bits per heavy atom. The highest BCUT2D eigenvalue weighted by atomic mass is 35.5. The lowest BCUT2D eigenvalue weighted by Gasteiger charge is -1.95. The van der Waals surface area contributed by atoms with Gasteiger partial charge in [0.05, 0.1) is 9.90 Å². The van der Waals surface area contributed by atoms with Crippen molar-refractivity contribution in [2.24, 2.45) is 0 Å². The zero-order valence-corrected chi connectivity index (χ0v) is 7.99. The number of nitrogens with zero attached hydrogens (tertiary/aromatic N) is 1. The maximum atomic E-state index is 9.59.